The molecule has 0 saturated heterocycles. The van der Waals surface area contributed by atoms with Crippen LogP contribution < -0.4 is 0 Å². The van der Waals surface area contributed by atoms with E-state index in [0.717, 1.165) is 36.2 Å². The van der Waals surface area contributed by atoms with Gasteiger partial charge in [0.05, 0.1) is 5.56 Å². The van der Waals surface area contributed by atoms with Crippen LogP contribution in [0.3, 0.4) is 0 Å². The molecule has 2 saturated carbocycles. The van der Waals surface area contributed by atoms with Crippen LogP contribution >= 0.6 is 0 Å². The molecule has 0 aromatic heterocycles. The summed E-state index contributed by atoms with van der Waals surface area (Å²) in [5, 5.41) is 0. The highest BCUT2D eigenvalue weighted by atomic mass is 19.3. The molecule has 25 heavy (non-hydrogen) atoms. The van der Waals surface area contributed by atoms with Crippen LogP contribution in [0.25, 0.3) is 0 Å². The van der Waals surface area contributed by atoms with Gasteiger partial charge in [0.2, 0.25) is 0 Å². The van der Waals surface area contributed by atoms with E-state index in [1.54, 1.807) is 6.07 Å². The van der Waals surface area contributed by atoms with Crippen LogP contribution in [-0.4, -0.2) is 0 Å². The molecule has 0 nitrogen and oxygen atoms in total. The Hall–Kier alpha value is -0.990. The molecular weight excluding hydrogens is 321 g/mol. The minimum atomic E-state index is -2.73. The lowest BCUT2D eigenvalue weighted by Gasteiger charge is -2.38. The van der Waals surface area contributed by atoms with Gasteiger partial charge in [-0.05, 0) is 61.0 Å². The first-order valence-electron chi connectivity index (χ1n) is 10.2. The normalized spacial score (nSPS) is 30.6. The summed E-state index contributed by atoms with van der Waals surface area (Å²) in [5.41, 5.74) is 0.455. The molecule has 1 unspecified atom stereocenters. The summed E-state index contributed by atoms with van der Waals surface area (Å²) in [6.45, 7) is 2.27. The number of alkyl halides is 2. The van der Waals surface area contributed by atoms with Gasteiger partial charge in [0.25, 0.3) is 6.43 Å². The van der Waals surface area contributed by atoms with E-state index in [0.29, 0.717) is 5.92 Å². The van der Waals surface area contributed by atoms with Gasteiger partial charge >= 0.3 is 0 Å². The molecule has 1 aromatic rings. The van der Waals surface area contributed by atoms with Crippen molar-refractivity contribution in [2.45, 2.75) is 83.5 Å². The fourth-order valence-electron chi connectivity index (χ4n) is 5.29. The molecule has 0 heterocycles. The number of rotatable bonds is 5. The van der Waals surface area contributed by atoms with Gasteiger partial charge in [0, 0.05) is 0 Å². The standard InChI is InChI=1S/C22H31F3/c1-2-4-15-7-9-16(10-8-15)17-5-3-6-18(13-17)19-11-12-20(22(24)25)21(23)14-19/h11-12,14-18,22H,2-10,13H2,1H3/t15?,16?,17-,18?/m1/s1. The third-order valence-electron chi connectivity index (χ3n) is 6.70. The lowest BCUT2D eigenvalue weighted by molar-refractivity contribution is 0.146. The second-order valence-electron chi connectivity index (χ2n) is 8.27. The number of benzene rings is 1. The Morgan fingerprint density at radius 2 is 1.76 bits per heavy atom. The Morgan fingerprint density at radius 3 is 2.40 bits per heavy atom. The van der Waals surface area contributed by atoms with E-state index in [4.69, 9.17) is 0 Å². The quantitative estimate of drug-likeness (QED) is 0.510. The molecule has 0 amide bonds. The second kappa shape index (κ2) is 8.60. The highest BCUT2D eigenvalue weighted by Crippen LogP contribution is 2.45. The molecule has 2 fully saturated rings. The number of hydrogen-bond donors (Lipinski definition) is 0. The van der Waals surface area contributed by atoms with Gasteiger partial charge in [-0.3, -0.25) is 0 Å². The maximum Gasteiger partial charge on any atom is 0.266 e. The molecule has 0 bridgehead atoms. The highest BCUT2D eigenvalue weighted by molar-refractivity contribution is 5.28. The molecule has 3 heteroatoms. The first-order valence-corrected chi connectivity index (χ1v) is 10.2. The van der Waals surface area contributed by atoms with E-state index in [-0.39, 0.29) is 0 Å². The van der Waals surface area contributed by atoms with E-state index in [9.17, 15) is 13.2 Å². The Morgan fingerprint density at radius 1 is 1.00 bits per heavy atom. The van der Waals surface area contributed by atoms with Crippen molar-refractivity contribution >= 4 is 0 Å². The zero-order valence-electron chi connectivity index (χ0n) is 15.3. The minimum absolute atomic E-state index is 0.341. The Balaban J connectivity index is 1.61. The van der Waals surface area contributed by atoms with E-state index in [1.807, 2.05) is 0 Å². The summed E-state index contributed by atoms with van der Waals surface area (Å²) in [7, 11) is 0. The highest BCUT2D eigenvalue weighted by Gasteiger charge is 2.32. The molecule has 3 rings (SSSR count). The summed E-state index contributed by atoms with van der Waals surface area (Å²) in [5.74, 6) is 2.08. The summed E-state index contributed by atoms with van der Waals surface area (Å²) in [6.07, 6.45) is 10.0. The maximum absolute atomic E-state index is 13.9. The molecule has 1 aromatic carbocycles. The minimum Gasteiger partial charge on any atom is -0.206 e. The zero-order chi connectivity index (χ0) is 17.8. The van der Waals surface area contributed by atoms with Gasteiger partial charge in [-0.1, -0.05) is 57.6 Å². The molecular formula is C22H31F3. The molecule has 2 atom stereocenters. The van der Waals surface area contributed by atoms with Gasteiger partial charge in [-0.15, -0.1) is 0 Å². The molecule has 2 aliphatic rings. The average molecular weight is 352 g/mol. The van der Waals surface area contributed by atoms with Crippen molar-refractivity contribution in [1.82, 2.24) is 0 Å². The fourth-order valence-corrected chi connectivity index (χ4v) is 5.29. The second-order valence-corrected chi connectivity index (χ2v) is 8.27. The molecule has 0 N–H and O–H groups in total. The maximum atomic E-state index is 13.9. The number of hydrogen-bond acceptors (Lipinski definition) is 0. The lowest BCUT2D eigenvalue weighted by atomic mass is 9.67. The van der Waals surface area contributed by atoms with Gasteiger partial charge in [0.15, 0.2) is 0 Å². The van der Waals surface area contributed by atoms with Crippen LogP contribution in [0.4, 0.5) is 13.2 Å². The average Bonchev–Trinajstić information content (AvgIpc) is 2.62. The molecule has 0 radical (unpaired) electrons. The van der Waals surface area contributed by atoms with E-state index in [1.165, 1.54) is 63.5 Å². The smallest absolute Gasteiger partial charge is 0.206 e. The van der Waals surface area contributed by atoms with Gasteiger partial charge in [-0.2, -0.15) is 0 Å². The van der Waals surface area contributed by atoms with Crippen molar-refractivity contribution in [3.05, 3.63) is 35.1 Å². The van der Waals surface area contributed by atoms with E-state index in [2.05, 4.69) is 6.92 Å². The summed E-state index contributed by atoms with van der Waals surface area (Å²) in [6, 6.07) is 4.39. The van der Waals surface area contributed by atoms with E-state index >= 15 is 0 Å². The van der Waals surface area contributed by atoms with Crippen molar-refractivity contribution in [3.8, 4) is 0 Å². The van der Waals surface area contributed by atoms with E-state index < -0.39 is 17.8 Å². The predicted molar refractivity (Wildman–Crippen MR) is 96.4 cm³/mol. The SMILES string of the molecule is CCCC1CCC([C@@H]2CCCC(c3ccc(C(F)F)c(F)c3)C2)CC1. The predicted octanol–water partition coefficient (Wildman–Crippen LogP) is 7.64. The Labute approximate surface area is 150 Å². The number of halogens is 3. The molecule has 2 aliphatic carbocycles. The third-order valence-corrected chi connectivity index (χ3v) is 6.70. The van der Waals surface area contributed by atoms with Crippen LogP contribution in [0.15, 0.2) is 18.2 Å². The van der Waals surface area contributed by atoms with Gasteiger partial charge in [0.1, 0.15) is 5.82 Å². The monoisotopic (exact) mass is 352 g/mol. The van der Waals surface area contributed by atoms with Crippen LogP contribution in [0.2, 0.25) is 0 Å². The fraction of sp³-hybridized carbons (Fsp3) is 0.727. The lowest BCUT2D eigenvalue weighted by Crippen LogP contribution is -2.26. The zero-order valence-corrected chi connectivity index (χ0v) is 15.3. The first kappa shape index (κ1) is 18.8. The third kappa shape index (κ3) is 4.60. The van der Waals surface area contributed by atoms with Gasteiger partial charge < -0.3 is 0 Å². The van der Waals surface area contributed by atoms with Crippen LogP contribution in [0, 0.1) is 23.6 Å². The summed E-state index contributed by atoms with van der Waals surface area (Å²) >= 11 is 0. The van der Waals surface area contributed by atoms with Crippen LogP contribution in [0.5, 0.6) is 0 Å². The van der Waals surface area contributed by atoms with Crippen LogP contribution in [0.1, 0.15) is 94.6 Å². The Kier molecular flexibility index (Phi) is 6.46. The summed E-state index contributed by atoms with van der Waals surface area (Å²) in [4.78, 5) is 0. The largest absolute Gasteiger partial charge is 0.266 e. The molecule has 140 valence electrons. The van der Waals surface area contributed by atoms with Crippen molar-refractivity contribution in [2.24, 2.45) is 17.8 Å². The molecule has 0 spiro atoms. The van der Waals surface area contributed by atoms with Crippen molar-refractivity contribution in [1.29, 1.82) is 0 Å². The van der Waals surface area contributed by atoms with Crippen molar-refractivity contribution < 1.29 is 13.2 Å². The van der Waals surface area contributed by atoms with Crippen LogP contribution in [-0.2, 0) is 0 Å². The molecule has 0 aliphatic heterocycles. The first-order chi connectivity index (χ1) is 12.1. The van der Waals surface area contributed by atoms with Gasteiger partial charge in [-0.25, -0.2) is 13.2 Å². The summed E-state index contributed by atoms with van der Waals surface area (Å²) < 4.78 is 39.4. The van der Waals surface area contributed by atoms with Crippen molar-refractivity contribution in [3.63, 3.8) is 0 Å². The topological polar surface area (TPSA) is 0 Å². The Bertz CT molecular complexity index is 546. The van der Waals surface area contributed by atoms with Crippen molar-refractivity contribution in [2.75, 3.05) is 0 Å².